The van der Waals surface area contributed by atoms with E-state index in [1.807, 2.05) is 0 Å². The fourth-order valence-electron chi connectivity index (χ4n) is 0. The average molecular weight is 90.1 g/mol. The van der Waals surface area contributed by atoms with Crippen LogP contribution >= 0.6 is 0 Å². The zero-order chi connectivity index (χ0) is 5.15. The molecule has 0 saturated heterocycles. The van der Waals surface area contributed by atoms with Gasteiger partial charge in [0.1, 0.15) is 0 Å². The highest BCUT2D eigenvalue weighted by Gasteiger charge is 2.01. The molecule has 3 heteroatoms. The minimum absolute atomic E-state index is 1.02. The maximum absolute atomic E-state index is 11.2. The Morgan fingerprint density at radius 1 is 2.00 bits per heavy atom. The van der Waals surface area contributed by atoms with E-state index in [9.17, 15) is 9.18 Å². The number of nitrogens with two attached hydrogens (primary N) is 1. The number of amides is 1. The van der Waals surface area contributed by atoms with Crippen LogP contribution < -0.4 is 5.73 Å². The van der Waals surface area contributed by atoms with Crippen LogP contribution in [0.2, 0.25) is 0 Å². The second-order valence-electron chi connectivity index (χ2n) is 0.870. The Morgan fingerprint density at radius 3 is 2.17 bits per heavy atom. The van der Waals surface area contributed by atoms with E-state index in [1.54, 1.807) is 0 Å². The van der Waals surface area contributed by atoms with Gasteiger partial charge in [0.25, 0.3) is 5.91 Å². The lowest BCUT2D eigenvalue weighted by Gasteiger charge is -1.86. The summed E-state index contributed by atoms with van der Waals surface area (Å²) in [5.41, 5.74) is 4.36. The van der Waals surface area contributed by atoms with Crippen molar-refractivity contribution in [2.45, 2.75) is 6.17 Å². The van der Waals surface area contributed by atoms with Crippen molar-refractivity contribution in [1.82, 2.24) is 0 Å². The summed E-state index contributed by atoms with van der Waals surface area (Å²) in [6, 6.07) is 0. The molecule has 6 heavy (non-hydrogen) atoms. The van der Waals surface area contributed by atoms with Gasteiger partial charge in [-0.05, 0) is 6.92 Å². The number of halogens is 1. The van der Waals surface area contributed by atoms with E-state index in [2.05, 4.69) is 12.7 Å². The molecule has 0 heterocycles. The van der Waals surface area contributed by atoms with Crippen LogP contribution in [0.4, 0.5) is 4.39 Å². The van der Waals surface area contributed by atoms with Crippen molar-refractivity contribution in [3.63, 3.8) is 0 Å². The smallest absolute Gasteiger partial charge is 0.251 e. The van der Waals surface area contributed by atoms with Gasteiger partial charge < -0.3 is 5.73 Å². The molecule has 1 atom stereocenters. The molecule has 0 spiro atoms. The van der Waals surface area contributed by atoms with Gasteiger partial charge in [-0.1, -0.05) is 0 Å². The third-order valence-electron chi connectivity index (χ3n) is 0.309. The van der Waals surface area contributed by atoms with Crippen molar-refractivity contribution in [2.24, 2.45) is 5.73 Å². The Morgan fingerprint density at radius 2 is 2.17 bits per heavy atom. The highest BCUT2D eigenvalue weighted by atomic mass is 19.1. The summed E-state index contributed by atoms with van der Waals surface area (Å²) in [5, 5.41) is 0. The number of alkyl halides is 1. The Hall–Kier alpha value is -0.600. The minimum atomic E-state index is -1.76. The molecule has 0 aliphatic rings. The summed E-state index contributed by atoms with van der Waals surface area (Å²) in [7, 11) is 0. The predicted molar refractivity (Wildman–Crippen MR) is 19.4 cm³/mol. The normalized spacial score (nSPS) is 13.7. The second-order valence-corrected chi connectivity index (χ2v) is 0.870. The van der Waals surface area contributed by atoms with Crippen LogP contribution in [0.1, 0.15) is 0 Å². The van der Waals surface area contributed by atoms with Crippen molar-refractivity contribution in [3.05, 3.63) is 6.92 Å². The van der Waals surface area contributed by atoms with Gasteiger partial charge in [0.2, 0.25) is 0 Å². The van der Waals surface area contributed by atoms with E-state index < -0.39 is 12.1 Å². The molecule has 0 aliphatic carbocycles. The van der Waals surface area contributed by atoms with E-state index >= 15 is 0 Å². The Balaban J connectivity index is 3.26. The highest BCUT2D eigenvalue weighted by molar-refractivity contribution is 5.79. The van der Waals surface area contributed by atoms with E-state index in [1.165, 1.54) is 0 Å². The SMILES string of the molecule is [CH2]C(F)C(N)=O. The first kappa shape index (κ1) is 5.40. The molecule has 0 bridgehead atoms. The van der Waals surface area contributed by atoms with Gasteiger partial charge in [0, 0.05) is 0 Å². The van der Waals surface area contributed by atoms with Gasteiger partial charge in [-0.15, -0.1) is 0 Å². The molecule has 35 valence electrons. The summed E-state index contributed by atoms with van der Waals surface area (Å²) in [6.45, 7) is 2.70. The second kappa shape index (κ2) is 1.74. The number of rotatable bonds is 1. The van der Waals surface area contributed by atoms with Gasteiger partial charge in [0.05, 0.1) is 0 Å². The number of carbonyl (C=O) groups is 1. The number of hydrogen-bond donors (Lipinski definition) is 1. The third kappa shape index (κ3) is 1.69. The third-order valence-corrected chi connectivity index (χ3v) is 0.309. The van der Waals surface area contributed by atoms with Crippen molar-refractivity contribution in [3.8, 4) is 0 Å². The molecule has 1 amide bonds. The highest BCUT2D eigenvalue weighted by Crippen LogP contribution is 1.80. The molecule has 0 aromatic rings. The maximum atomic E-state index is 11.2. The van der Waals surface area contributed by atoms with Crippen molar-refractivity contribution >= 4 is 5.91 Å². The van der Waals surface area contributed by atoms with E-state index in [0.29, 0.717) is 0 Å². The lowest BCUT2D eigenvalue weighted by atomic mass is 10.4. The average Bonchev–Trinajstić information content (AvgIpc) is 1.36. The first-order valence-electron chi connectivity index (χ1n) is 1.41. The fraction of sp³-hybridized carbons (Fsp3) is 0.333. The lowest BCUT2D eigenvalue weighted by Crippen LogP contribution is -2.21. The van der Waals surface area contributed by atoms with Gasteiger partial charge in [-0.25, -0.2) is 4.39 Å². The van der Waals surface area contributed by atoms with Crippen LogP contribution in [0.5, 0.6) is 0 Å². The molecular formula is C3H5FNO. The minimum Gasteiger partial charge on any atom is -0.367 e. The first-order valence-corrected chi connectivity index (χ1v) is 1.41. The molecule has 0 aliphatic heterocycles. The summed E-state index contributed by atoms with van der Waals surface area (Å²) in [4.78, 5) is 9.48. The summed E-state index contributed by atoms with van der Waals surface area (Å²) >= 11 is 0. The first-order chi connectivity index (χ1) is 2.64. The standard InChI is InChI=1S/C3H5FNO/c1-2(4)3(5)6/h2H,1H2,(H2,5,6). The van der Waals surface area contributed by atoms with Gasteiger partial charge in [0.15, 0.2) is 6.17 Å². The number of hydrogen-bond acceptors (Lipinski definition) is 1. The molecular weight excluding hydrogens is 85.0 g/mol. The zero-order valence-corrected chi connectivity index (χ0v) is 3.15. The van der Waals surface area contributed by atoms with Crippen LogP contribution in [0.25, 0.3) is 0 Å². The van der Waals surface area contributed by atoms with Gasteiger partial charge in [-0.2, -0.15) is 0 Å². The summed E-state index contributed by atoms with van der Waals surface area (Å²) in [5.74, 6) is -1.02. The van der Waals surface area contributed by atoms with Crippen LogP contribution in [0.15, 0.2) is 0 Å². The summed E-state index contributed by atoms with van der Waals surface area (Å²) < 4.78 is 11.2. The van der Waals surface area contributed by atoms with E-state index in [-0.39, 0.29) is 0 Å². The van der Waals surface area contributed by atoms with Crippen molar-refractivity contribution < 1.29 is 9.18 Å². The van der Waals surface area contributed by atoms with Gasteiger partial charge >= 0.3 is 0 Å². The van der Waals surface area contributed by atoms with E-state index in [4.69, 9.17) is 0 Å². The van der Waals surface area contributed by atoms with Crippen LogP contribution in [0.3, 0.4) is 0 Å². The Kier molecular flexibility index (Phi) is 1.57. The lowest BCUT2D eigenvalue weighted by molar-refractivity contribution is -0.121. The number of carbonyl (C=O) groups excluding carboxylic acids is 1. The molecule has 1 unspecified atom stereocenters. The van der Waals surface area contributed by atoms with Crippen LogP contribution in [-0.2, 0) is 4.79 Å². The molecule has 0 aromatic heterocycles. The van der Waals surface area contributed by atoms with Crippen molar-refractivity contribution in [1.29, 1.82) is 0 Å². The molecule has 0 aromatic carbocycles. The van der Waals surface area contributed by atoms with E-state index in [0.717, 1.165) is 0 Å². The quantitative estimate of drug-likeness (QED) is 0.469. The molecule has 0 saturated carbocycles. The van der Waals surface area contributed by atoms with Crippen LogP contribution in [-0.4, -0.2) is 12.1 Å². The largest absolute Gasteiger partial charge is 0.367 e. The topological polar surface area (TPSA) is 43.1 Å². The predicted octanol–water partition coefficient (Wildman–Crippen LogP) is -0.356. The Bertz CT molecular complexity index is 61.8. The number of primary amides is 1. The monoisotopic (exact) mass is 90.0 g/mol. The Labute approximate surface area is 35.1 Å². The van der Waals surface area contributed by atoms with Crippen LogP contribution in [0, 0.1) is 6.92 Å². The molecule has 0 rings (SSSR count). The molecule has 2 nitrogen and oxygen atoms in total. The maximum Gasteiger partial charge on any atom is 0.251 e. The van der Waals surface area contributed by atoms with Gasteiger partial charge in [-0.3, -0.25) is 4.79 Å². The zero-order valence-electron chi connectivity index (χ0n) is 3.15. The van der Waals surface area contributed by atoms with Crippen molar-refractivity contribution in [2.75, 3.05) is 0 Å². The molecule has 0 fully saturated rings. The summed E-state index contributed by atoms with van der Waals surface area (Å²) in [6.07, 6.45) is -1.76. The fourth-order valence-corrected chi connectivity index (χ4v) is 0. The molecule has 1 radical (unpaired) electrons. The molecule has 2 N–H and O–H groups in total.